The van der Waals surface area contributed by atoms with Gasteiger partial charge in [-0.2, -0.15) is 0 Å². The number of nitrogens with one attached hydrogen (secondary N) is 2. The number of aliphatic carboxylic acids is 1. The highest BCUT2D eigenvalue weighted by atomic mass is 16.6. The number of ether oxygens (including phenoxy) is 3. The third-order valence-electron chi connectivity index (χ3n) is 6.95. The van der Waals surface area contributed by atoms with Crippen molar-refractivity contribution in [2.75, 3.05) is 26.4 Å². The second-order valence-corrected chi connectivity index (χ2v) is 9.13. The molecular formula is C26H28N2O7. The standard InChI is InChI=1S/C26H28N2O7/c29-24(27-11-15-9-10-23(35-15)25(30)31)21-12-33-14-22(21)28-26(32)34-13-20-18-7-3-1-5-16(18)17-6-2-4-8-19(17)20/h1-8,15,20-23H,9-14H2,(H,27,29)(H,28,32)(H,30,31). The average molecular weight is 481 g/mol. The van der Waals surface area contributed by atoms with E-state index >= 15 is 0 Å². The molecule has 2 fully saturated rings. The normalized spacial score (nSPS) is 25.0. The highest BCUT2D eigenvalue weighted by molar-refractivity contribution is 5.81. The maximum atomic E-state index is 12.7. The Balaban J connectivity index is 1.13. The lowest BCUT2D eigenvalue weighted by molar-refractivity contribution is -0.149. The number of carbonyl (C=O) groups excluding carboxylic acids is 2. The molecule has 2 aromatic carbocycles. The number of rotatable bonds is 7. The van der Waals surface area contributed by atoms with Crippen molar-refractivity contribution < 1.29 is 33.7 Å². The summed E-state index contributed by atoms with van der Waals surface area (Å²) in [7, 11) is 0. The van der Waals surface area contributed by atoms with Crippen molar-refractivity contribution in [3.05, 3.63) is 59.7 Å². The fourth-order valence-corrected chi connectivity index (χ4v) is 5.13. The van der Waals surface area contributed by atoms with E-state index in [1.165, 1.54) is 0 Å². The summed E-state index contributed by atoms with van der Waals surface area (Å²) in [5.74, 6) is -1.87. The van der Waals surface area contributed by atoms with Gasteiger partial charge in [-0.25, -0.2) is 9.59 Å². The van der Waals surface area contributed by atoms with E-state index in [1.54, 1.807) is 0 Å². The Hall–Kier alpha value is -3.43. The van der Waals surface area contributed by atoms with Crippen molar-refractivity contribution in [2.45, 2.75) is 37.0 Å². The monoisotopic (exact) mass is 480 g/mol. The van der Waals surface area contributed by atoms with E-state index in [0.717, 1.165) is 22.3 Å². The number of hydrogen-bond donors (Lipinski definition) is 3. The Labute approximate surface area is 202 Å². The van der Waals surface area contributed by atoms with E-state index in [4.69, 9.17) is 19.3 Å². The first-order chi connectivity index (χ1) is 17.0. The van der Waals surface area contributed by atoms with Crippen LogP contribution in [0.25, 0.3) is 11.1 Å². The van der Waals surface area contributed by atoms with Gasteiger partial charge in [-0.3, -0.25) is 4.79 Å². The Kier molecular flexibility index (Phi) is 6.70. The van der Waals surface area contributed by atoms with E-state index in [9.17, 15) is 14.4 Å². The molecule has 0 saturated carbocycles. The zero-order valence-corrected chi connectivity index (χ0v) is 19.1. The molecule has 2 aliphatic heterocycles. The van der Waals surface area contributed by atoms with Crippen LogP contribution in [-0.2, 0) is 23.8 Å². The van der Waals surface area contributed by atoms with Gasteiger partial charge in [-0.15, -0.1) is 0 Å². The average Bonchev–Trinajstić information content (AvgIpc) is 3.59. The molecule has 184 valence electrons. The van der Waals surface area contributed by atoms with Crippen LogP contribution in [0.5, 0.6) is 0 Å². The second kappa shape index (κ2) is 10.1. The predicted molar refractivity (Wildman–Crippen MR) is 125 cm³/mol. The Morgan fingerprint density at radius 1 is 0.971 bits per heavy atom. The van der Waals surface area contributed by atoms with Gasteiger partial charge in [0.25, 0.3) is 0 Å². The molecule has 2 heterocycles. The smallest absolute Gasteiger partial charge is 0.407 e. The minimum atomic E-state index is -0.990. The Morgan fingerprint density at radius 3 is 2.31 bits per heavy atom. The minimum absolute atomic E-state index is 0.0480. The molecule has 0 aromatic heterocycles. The number of fused-ring (bicyclic) bond motifs is 3. The Morgan fingerprint density at radius 2 is 1.66 bits per heavy atom. The summed E-state index contributed by atoms with van der Waals surface area (Å²) >= 11 is 0. The molecule has 35 heavy (non-hydrogen) atoms. The summed E-state index contributed by atoms with van der Waals surface area (Å²) in [6.07, 6.45) is -0.761. The lowest BCUT2D eigenvalue weighted by Gasteiger charge is -2.20. The van der Waals surface area contributed by atoms with E-state index < -0.39 is 30.1 Å². The quantitative estimate of drug-likeness (QED) is 0.556. The maximum absolute atomic E-state index is 12.7. The molecule has 0 bridgehead atoms. The summed E-state index contributed by atoms with van der Waals surface area (Å²) in [4.78, 5) is 36.3. The zero-order chi connectivity index (χ0) is 24.4. The number of benzene rings is 2. The lowest BCUT2D eigenvalue weighted by Crippen LogP contribution is -2.47. The first-order valence-corrected chi connectivity index (χ1v) is 11.9. The van der Waals surface area contributed by atoms with Gasteiger partial charge < -0.3 is 30.0 Å². The van der Waals surface area contributed by atoms with Crippen LogP contribution in [0.2, 0.25) is 0 Å². The highest BCUT2D eigenvalue weighted by Crippen LogP contribution is 2.44. The van der Waals surface area contributed by atoms with Crippen LogP contribution in [-0.4, -0.2) is 67.7 Å². The van der Waals surface area contributed by atoms with Crippen molar-refractivity contribution in [2.24, 2.45) is 5.92 Å². The summed E-state index contributed by atoms with van der Waals surface area (Å²) < 4.78 is 16.5. The lowest BCUT2D eigenvalue weighted by atomic mass is 9.98. The third-order valence-corrected chi connectivity index (χ3v) is 6.95. The number of carbonyl (C=O) groups is 3. The highest BCUT2D eigenvalue weighted by Gasteiger charge is 2.37. The molecular weight excluding hydrogens is 452 g/mol. The molecule has 2 saturated heterocycles. The summed E-state index contributed by atoms with van der Waals surface area (Å²) in [5, 5.41) is 14.6. The minimum Gasteiger partial charge on any atom is -0.479 e. The SMILES string of the molecule is O=C(NC1COCC1C(=O)NCC1CCC(C(=O)O)O1)OCC1c2ccccc2-c2ccccc21. The van der Waals surface area contributed by atoms with Crippen LogP contribution in [0.3, 0.4) is 0 Å². The fraction of sp³-hybridized carbons (Fsp3) is 0.423. The van der Waals surface area contributed by atoms with Crippen molar-refractivity contribution in [1.29, 1.82) is 0 Å². The van der Waals surface area contributed by atoms with Gasteiger partial charge in [0.05, 0.1) is 31.3 Å². The van der Waals surface area contributed by atoms with Gasteiger partial charge in [-0.1, -0.05) is 48.5 Å². The second-order valence-electron chi connectivity index (χ2n) is 9.13. The molecule has 0 radical (unpaired) electrons. The van der Waals surface area contributed by atoms with Gasteiger partial charge in [0.2, 0.25) is 5.91 Å². The molecule has 9 nitrogen and oxygen atoms in total. The van der Waals surface area contributed by atoms with Crippen LogP contribution in [0, 0.1) is 5.92 Å². The molecule has 2 amide bonds. The van der Waals surface area contributed by atoms with E-state index in [2.05, 4.69) is 34.9 Å². The fourth-order valence-electron chi connectivity index (χ4n) is 5.13. The van der Waals surface area contributed by atoms with Crippen molar-refractivity contribution in [1.82, 2.24) is 10.6 Å². The van der Waals surface area contributed by atoms with Crippen molar-refractivity contribution in [3.8, 4) is 11.1 Å². The summed E-state index contributed by atoms with van der Waals surface area (Å²) in [6, 6.07) is 15.7. The van der Waals surface area contributed by atoms with Crippen LogP contribution >= 0.6 is 0 Å². The van der Waals surface area contributed by atoms with Crippen LogP contribution in [0.15, 0.2) is 48.5 Å². The van der Waals surface area contributed by atoms with Gasteiger partial charge >= 0.3 is 12.1 Å². The van der Waals surface area contributed by atoms with E-state index in [-0.39, 0.29) is 44.3 Å². The van der Waals surface area contributed by atoms with E-state index in [1.807, 2.05) is 24.3 Å². The number of carboxylic acids is 1. The third kappa shape index (κ3) is 4.87. The van der Waals surface area contributed by atoms with Gasteiger partial charge in [0.1, 0.15) is 6.61 Å². The molecule has 5 rings (SSSR count). The molecule has 9 heteroatoms. The molecule has 3 N–H and O–H groups in total. The van der Waals surface area contributed by atoms with Crippen LogP contribution in [0.4, 0.5) is 4.79 Å². The molecule has 4 atom stereocenters. The number of carboxylic acid groups (broad SMARTS) is 1. The molecule has 0 spiro atoms. The van der Waals surface area contributed by atoms with Gasteiger partial charge in [0, 0.05) is 12.5 Å². The topological polar surface area (TPSA) is 123 Å². The molecule has 4 unspecified atom stereocenters. The van der Waals surface area contributed by atoms with Crippen molar-refractivity contribution in [3.63, 3.8) is 0 Å². The number of amides is 2. The van der Waals surface area contributed by atoms with E-state index in [0.29, 0.717) is 12.8 Å². The first-order valence-electron chi connectivity index (χ1n) is 11.9. The molecule has 1 aliphatic carbocycles. The van der Waals surface area contributed by atoms with Crippen molar-refractivity contribution >= 4 is 18.0 Å². The summed E-state index contributed by atoms with van der Waals surface area (Å²) in [5.41, 5.74) is 4.56. The maximum Gasteiger partial charge on any atom is 0.407 e. The Bertz CT molecular complexity index is 1070. The first kappa shape index (κ1) is 23.3. The molecule has 2 aromatic rings. The van der Waals surface area contributed by atoms with Crippen LogP contribution in [0.1, 0.15) is 29.9 Å². The molecule has 3 aliphatic rings. The largest absolute Gasteiger partial charge is 0.479 e. The predicted octanol–water partition coefficient (Wildman–Crippen LogP) is 2.29. The number of hydrogen-bond acceptors (Lipinski definition) is 6. The van der Waals surface area contributed by atoms with Gasteiger partial charge in [0.15, 0.2) is 6.10 Å². The van der Waals surface area contributed by atoms with Crippen LogP contribution < -0.4 is 10.6 Å². The van der Waals surface area contributed by atoms with Gasteiger partial charge in [-0.05, 0) is 35.1 Å². The zero-order valence-electron chi connectivity index (χ0n) is 19.1. The number of alkyl carbamates (subject to hydrolysis) is 1. The summed E-state index contributed by atoms with van der Waals surface area (Å²) in [6.45, 7) is 0.803.